The number of hydrogen-bond donors (Lipinski definition) is 1. The highest BCUT2D eigenvalue weighted by atomic mass is 16.3. The second-order valence-electron chi connectivity index (χ2n) is 1.26. The zero-order chi connectivity index (χ0) is 7.28. The fourth-order valence-corrected chi connectivity index (χ4v) is 0.222. The van der Waals surface area contributed by atoms with Crippen molar-refractivity contribution >= 4 is 12.3 Å². The van der Waals surface area contributed by atoms with Gasteiger partial charge in [-0.25, -0.2) is 5.84 Å². The van der Waals surface area contributed by atoms with Crippen LogP contribution >= 0.6 is 0 Å². The summed E-state index contributed by atoms with van der Waals surface area (Å²) in [6, 6.07) is 0. The van der Waals surface area contributed by atoms with Crippen LogP contribution in [0.3, 0.4) is 0 Å². The molecule has 9 heavy (non-hydrogen) atoms. The van der Waals surface area contributed by atoms with E-state index in [1.54, 1.807) is 0 Å². The molecule has 0 rings (SSSR count). The lowest BCUT2D eigenvalue weighted by Gasteiger charge is -2.02. The maximum absolute atomic E-state index is 10.0. The zero-order valence-electron chi connectivity index (χ0n) is 4.48. The van der Waals surface area contributed by atoms with Gasteiger partial charge >= 0.3 is 5.91 Å². The number of nitroso groups, excluding NO2 is 1. The monoisotopic (exact) mass is 131 g/mol. The quantitative estimate of drug-likeness (QED) is 0.168. The van der Waals surface area contributed by atoms with Crippen LogP contribution in [0.2, 0.25) is 0 Å². The topological polar surface area (TPSA) is 92.8 Å². The molecule has 0 aliphatic heterocycles. The lowest BCUT2D eigenvalue weighted by Crippen LogP contribution is -2.33. The Morgan fingerprint density at radius 3 is 2.67 bits per heavy atom. The Kier molecular flexibility index (Phi) is 3.14. The zero-order valence-corrected chi connectivity index (χ0v) is 4.48. The van der Waals surface area contributed by atoms with Crippen molar-refractivity contribution in [1.29, 1.82) is 0 Å². The van der Waals surface area contributed by atoms with Crippen molar-refractivity contribution in [1.82, 2.24) is 5.01 Å². The summed E-state index contributed by atoms with van der Waals surface area (Å²) in [4.78, 5) is 29.0. The first-order chi connectivity index (χ1) is 4.20. The molecule has 0 saturated carbocycles. The highest BCUT2D eigenvalue weighted by Gasteiger charge is 2.02. The van der Waals surface area contributed by atoms with E-state index < -0.39 is 12.5 Å². The Morgan fingerprint density at radius 1 is 1.78 bits per heavy atom. The van der Waals surface area contributed by atoms with Crippen molar-refractivity contribution in [3.05, 3.63) is 4.91 Å². The predicted octanol–water partition coefficient (Wildman–Crippen LogP) is -1.39. The molecule has 0 atom stereocenters. The van der Waals surface area contributed by atoms with Crippen molar-refractivity contribution in [3.8, 4) is 0 Å². The van der Waals surface area contributed by atoms with Gasteiger partial charge in [-0.1, -0.05) is 0 Å². The Bertz CT molecular complexity index is 134. The summed E-state index contributed by atoms with van der Waals surface area (Å²) in [5.41, 5.74) is 0. The summed E-state index contributed by atoms with van der Waals surface area (Å²) >= 11 is 0. The SMILES string of the molecule is NN(C=O)CC(=O)N=O. The van der Waals surface area contributed by atoms with E-state index in [1.807, 2.05) is 5.18 Å². The Labute approximate surface area is 50.6 Å². The molecular weight excluding hydrogens is 126 g/mol. The van der Waals surface area contributed by atoms with Crippen molar-refractivity contribution in [2.45, 2.75) is 0 Å². The van der Waals surface area contributed by atoms with Crippen LogP contribution in [0.4, 0.5) is 0 Å². The molecule has 0 heterocycles. The van der Waals surface area contributed by atoms with Gasteiger partial charge < -0.3 is 0 Å². The van der Waals surface area contributed by atoms with Crippen LogP contribution in [0, 0.1) is 4.91 Å². The van der Waals surface area contributed by atoms with Gasteiger partial charge in [-0.15, -0.1) is 4.91 Å². The second kappa shape index (κ2) is 3.67. The summed E-state index contributed by atoms with van der Waals surface area (Å²) in [7, 11) is 0. The minimum atomic E-state index is -0.968. The number of amides is 2. The van der Waals surface area contributed by atoms with Crippen LogP contribution in [-0.4, -0.2) is 23.9 Å². The molecule has 6 nitrogen and oxygen atoms in total. The molecule has 0 aromatic rings. The van der Waals surface area contributed by atoms with Crippen LogP contribution < -0.4 is 5.84 Å². The smallest absolute Gasteiger partial charge is 0.277 e. The first kappa shape index (κ1) is 7.70. The molecule has 50 valence electrons. The third kappa shape index (κ3) is 3.30. The van der Waals surface area contributed by atoms with Gasteiger partial charge in [-0.05, 0) is 0 Å². The standard InChI is InChI=1S/C3H5N3O3/c4-6(2-7)1-3(8)5-9/h2H,1,4H2. The number of nitrogens with zero attached hydrogens (tertiary/aromatic N) is 2. The molecule has 2 N–H and O–H groups in total. The lowest BCUT2D eigenvalue weighted by atomic mass is 10.6. The molecule has 0 bridgehead atoms. The molecule has 6 heteroatoms. The fourth-order valence-electron chi connectivity index (χ4n) is 0.222. The first-order valence-electron chi connectivity index (χ1n) is 2.03. The molecule has 0 aromatic heterocycles. The van der Waals surface area contributed by atoms with E-state index in [0.29, 0.717) is 5.01 Å². The van der Waals surface area contributed by atoms with Crippen LogP contribution in [0.5, 0.6) is 0 Å². The van der Waals surface area contributed by atoms with Crippen molar-refractivity contribution in [2.24, 2.45) is 11.0 Å². The summed E-state index contributed by atoms with van der Waals surface area (Å²) in [6.45, 7) is -0.465. The largest absolute Gasteiger partial charge is 0.307 e. The normalized spacial score (nSPS) is 8.11. The highest BCUT2D eigenvalue weighted by molar-refractivity contribution is 5.80. The third-order valence-electron chi connectivity index (χ3n) is 0.555. The molecular formula is C3H5N3O3. The number of carbonyl (C=O) groups excluding carboxylic acids is 2. The van der Waals surface area contributed by atoms with E-state index in [-0.39, 0.29) is 6.41 Å². The highest BCUT2D eigenvalue weighted by Crippen LogP contribution is 1.74. The van der Waals surface area contributed by atoms with Gasteiger partial charge in [0.05, 0.1) is 0 Å². The number of hydrogen-bond acceptors (Lipinski definition) is 4. The maximum atomic E-state index is 10.0. The van der Waals surface area contributed by atoms with E-state index in [0.717, 1.165) is 0 Å². The van der Waals surface area contributed by atoms with Gasteiger partial charge in [0.25, 0.3) is 0 Å². The van der Waals surface area contributed by atoms with E-state index in [1.165, 1.54) is 0 Å². The van der Waals surface area contributed by atoms with Crippen LogP contribution in [-0.2, 0) is 9.59 Å². The van der Waals surface area contributed by atoms with Gasteiger partial charge in [0.15, 0.2) is 0 Å². The molecule has 0 fully saturated rings. The number of hydrazine groups is 1. The number of rotatable bonds is 3. The molecule has 0 saturated heterocycles. The van der Waals surface area contributed by atoms with E-state index in [2.05, 4.69) is 0 Å². The second-order valence-corrected chi connectivity index (χ2v) is 1.26. The molecule has 0 aliphatic rings. The minimum Gasteiger partial charge on any atom is -0.277 e. The Balaban J connectivity index is 3.58. The van der Waals surface area contributed by atoms with Crippen LogP contribution in [0.1, 0.15) is 0 Å². The van der Waals surface area contributed by atoms with E-state index in [4.69, 9.17) is 5.84 Å². The van der Waals surface area contributed by atoms with Crippen LogP contribution in [0.15, 0.2) is 5.18 Å². The number of carbonyl (C=O) groups is 2. The van der Waals surface area contributed by atoms with Gasteiger partial charge in [0.2, 0.25) is 6.41 Å². The first-order valence-corrected chi connectivity index (χ1v) is 2.03. The Morgan fingerprint density at radius 2 is 2.33 bits per heavy atom. The minimum absolute atomic E-state index is 0.225. The molecule has 0 aromatic carbocycles. The molecule has 0 radical (unpaired) electrons. The van der Waals surface area contributed by atoms with Crippen LogP contribution in [0.25, 0.3) is 0 Å². The Hall–Kier alpha value is -1.30. The van der Waals surface area contributed by atoms with Gasteiger partial charge in [0.1, 0.15) is 6.54 Å². The van der Waals surface area contributed by atoms with Gasteiger partial charge in [-0.2, -0.15) is 0 Å². The van der Waals surface area contributed by atoms with Crippen molar-refractivity contribution < 1.29 is 9.59 Å². The summed E-state index contributed by atoms with van der Waals surface area (Å²) in [5.74, 6) is 3.83. The fraction of sp³-hybridized carbons (Fsp3) is 0.333. The van der Waals surface area contributed by atoms with Crippen molar-refractivity contribution in [3.63, 3.8) is 0 Å². The average Bonchev–Trinajstić information content (AvgIpc) is 1.87. The van der Waals surface area contributed by atoms with Crippen molar-refractivity contribution in [2.75, 3.05) is 6.54 Å². The predicted molar refractivity (Wildman–Crippen MR) is 27.8 cm³/mol. The lowest BCUT2D eigenvalue weighted by molar-refractivity contribution is -0.126. The molecule has 2 amide bonds. The summed E-state index contributed by atoms with van der Waals surface area (Å²) in [5, 5.41) is 2.54. The summed E-state index contributed by atoms with van der Waals surface area (Å²) < 4.78 is 0. The summed E-state index contributed by atoms with van der Waals surface area (Å²) in [6.07, 6.45) is 0.225. The van der Waals surface area contributed by atoms with Gasteiger partial charge in [-0.3, -0.25) is 14.6 Å². The number of nitrogens with two attached hydrogens (primary N) is 1. The maximum Gasteiger partial charge on any atom is 0.307 e. The van der Waals surface area contributed by atoms with E-state index in [9.17, 15) is 14.5 Å². The van der Waals surface area contributed by atoms with Gasteiger partial charge in [0, 0.05) is 5.18 Å². The molecule has 0 aliphatic carbocycles. The molecule has 0 spiro atoms. The molecule has 0 unspecified atom stereocenters. The van der Waals surface area contributed by atoms with E-state index >= 15 is 0 Å². The third-order valence-corrected chi connectivity index (χ3v) is 0.555. The average molecular weight is 131 g/mol.